The minimum atomic E-state index is -0.349. The van der Waals surface area contributed by atoms with Crippen LogP contribution in [0.2, 0.25) is 0 Å². The second kappa shape index (κ2) is 20.9. The highest BCUT2D eigenvalue weighted by Gasteiger charge is 2.46. The normalized spacial score (nSPS) is 13.0. The summed E-state index contributed by atoms with van der Waals surface area (Å²) in [6, 6.07) is 100. The smallest absolute Gasteiger partial charge is 0.252 e. The third-order valence-electron chi connectivity index (χ3n) is 18.1. The average Bonchev–Trinajstić information content (AvgIpc) is 0.759. The molecule has 2 aliphatic rings. The molecule has 0 saturated carbocycles. The molecular weight excluding hydrogens is 1010 g/mol. The lowest BCUT2D eigenvalue weighted by atomic mass is 9.33. The Labute approximate surface area is 499 Å². The van der Waals surface area contributed by atoms with Gasteiger partial charge in [-0.2, -0.15) is 0 Å². The van der Waals surface area contributed by atoms with Crippen molar-refractivity contribution < 1.29 is 0 Å². The number of nitrogens with zero attached hydrogens (tertiary/aromatic N) is 3. The van der Waals surface area contributed by atoms with Crippen molar-refractivity contribution in [3.05, 3.63) is 300 Å². The van der Waals surface area contributed by atoms with E-state index in [4.69, 9.17) is 0 Å². The van der Waals surface area contributed by atoms with E-state index in [2.05, 4.69) is 351 Å². The summed E-state index contributed by atoms with van der Waals surface area (Å²) in [5.74, 6) is 0. The molecule has 0 saturated heterocycles. The number of fused-ring (bicyclic) bond motifs is 4. The maximum Gasteiger partial charge on any atom is 0.252 e. The van der Waals surface area contributed by atoms with E-state index in [1.807, 2.05) is 0 Å². The summed E-state index contributed by atoms with van der Waals surface area (Å²) in [6.07, 6.45) is 0. The van der Waals surface area contributed by atoms with Crippen LogP contribution in [-0.2, 0) is 21.7 Å². The van der Waals surface area contributed by atoms with Gasteiger partial charge in [0.05, 0.1) is 11.4 Å². The monoisotopic (exact) mass is 1090 g/mol. The number of hydrogen-bond donors (Lipinski definition) is 0. The van der Waals surface area contributed by atoms with Crippen molar-refractivity contribution in [1.82, 2.24) is 0 Å². The molecule has 2 heterocycles. The predicted molar refractivity (Wildman–Crippen MR) is 361 cm³/mol. The molecule has 13 rings (SSSR count). The quantitative estimate of drug-likeness (QED) is 0.120. The lowest BCUT2D eigenvalue weighted by Gasteiger charge is -2.46. The van der Waals surface area contributed by atoms with Crippen molar-refractivity contribution in [3.63, 3.8) is 0 Å². The van der Waals surface area contributed by atoms with E-state index >= 15 is 0 Å². The molecule has 0 amide bonds. The third-order valence-corrected chi connectivity index (χ3v) is 18.1. The lowest BCUT2D eigenvalue weighted by Crippen LogP contribution is -2.61. The van der Waals surface area contributed by atoms with Crippen molar-refractivity contribution in [1.29, 1.82) is 0 Å². The van der Waals surface area contributed by atoms with Gasteiger partial charge in [0.25, 0.3) is 6.71 Å². The number of anilines is 9. The standard InChI is InChI=1S/C80H74BN3/c1-77(2,3)59-35-27-41-66(49-59)83-73-52-60(78(4,5)6)42-45-69(73)81-70-51-63(79(7,8)58-33-20-13-21-34-58)44-47-72(70)84(75-54-67(53-74(83)76(75)81)82(64-37-22-14-23-38-64)65-39-24-15-25-40-65)71-46-43-62(50-68(71)56-30-18-12-19-31-56)80(9,10)61-36-26-32-57(48-61)55-28-16-11-17-29-55/h11-54H,1-10H3. The molecule has 4 heteroatoms. The fourth-order valence-corrected chi connectivity index (χ4v) is 13.1. The molecule has 0 radical (unpaired) electrons. The maximum atomic E-state index is 2.63. The lowest BCUT2D eigenvalue weighted by molar-refractivity contribution is 0.590. The number of benzene rings is 11. The summed E-state index contributed by atoms with van der Waals surface area (Å²) in [7, 11) is 0. The topological polar surface area (TPSA) is 9.72 Å². The first-order valence-electron chi connectivity index (χ1n) is 29.9. The van der Waals surface area contributed by atoms with Crippen LogP contribution >= 0.6 is 0 Å². The Balaban J connectivity index is 1.15. The van der Waals surface area contributed by atoms with Gasteiger partial charge in [-0.1, -0.05) is 263 Å². The van der Waals surface area contributed by atoms with E-state index in [0.717, 1.165) is 45.4 Å². The molecule has 412 valence electrons. The fourth-order valence-electron chi connectivity index (χ4n) is 13.1. The van der Waals surface area contributed by atoms with Crippen LogP contribution in [0, 0.1) is 0 Å². The first-order valence-corrected chi connectivity index (χ1v) is 29.9. The summed E-state index contributed by atoms with van der Waals surface area (Å²) in [5, 5.41) is 0. The predicted octanol–water partition coefficient (Wildman–Crippen LogP) is 19.8. The zero-order valence-electron chi connectivity index (χ0n) is 50.3. The van der Waals surface area contributed by atoms with Crippen molar-refractivity contribution >= 4 is 74.3 Å². The summed E-state index contributed by atoms with van der Waals surface area (Å²) in [4.78, 5) is 7.69. The minimum absolute atomic E-state index is 0.0833. The molecule has 0 bridgehead atoms. The van der Waals surface area contributed by atoms with Gasteiger partial charge in [-0.15, -0.1) is 0 Å². The zero-order valence-corrected chi connectivity index (χ0v) is 50.3. The van der Waals surface area contributed by atoms with Gasteiger partial charge in [0.1, 0.15) is 0 Å². The first-order chi connectivity index (χ1) is 40.4. The van der Waals surface area contributed by atoms with Crippen LogP contribution in [0.1, 0.15) is 103 Å². The van der Waals surface area contributed by atoms with Crippen LogP contribution in [0.3, 0.4) is 0 Å². The molecule has 0 atom stereocenters. The minimum Gasteiger partial charge on any atom is -0.311 e. The van der Waals surface area contributed by atoms with Gasteiger partial charge < -0.3 is 14.7 Å². The van der Waals surface area contributed by atoms with E-state index in [1.165, 1.54) is 77.8 Å². The number of para-hydroxylation sites is 2. The summed E-state index contributed by atoms with van der Waals surface area (Å²) >= 11 is 0. The second-order valence-electron chi connectivity index (χ2n) is 26.3. The molecule has 0 fully saturated rings. The zero-order chi connectivity index (χ0) is 58.1. The van der Waals surface area contributed by atoms with Crippen LogP contribution in [0.15, 0.2) is 267 Å². The van der Waals surface area contributed by atoms with Gasteiger partial charge in [-0.3, -0.25) is 0 Å². The van der Waals surface area contributed by atoms with Crippen LogP contribution < -0.4 is 31.1 Å². The fraction of sp³-hybridized carbons (Fsp3) is 0.175. The van der Waals surface area contributed by atoms with Gasteiger partial charge in [0.2, 0.25) is 0 Å². The van der Waals surface area contributed by atoms with Gasteiger partial charge in [-0.25, -0.2) is 0 Å². The van der Waals surface area contributed by atoms with E-state index in [-0.39, 0.29) is 28.4 Å². The average molecular weight is 1090 g/mol. The van der Waals surface area contributed by atoms with Crippen LogP contribution in [0.4, 0.5) is 51.2 Å². The Morgan fingerprint density at radius 2 is 0.750 bits per heavy atom. The first kappa shape index (κ1) is 54.2. The van der Waals surface area contributed by atoms with Gasteiger partial charge in [-0.05, 0) is 150 Å². The number of hydrogen-bond acceptors (Lipinski definition) is 3. The molecule has 0 unspecified atom stereocenters. The van der Waals surface area contributed by atoms with Gasteiger partial charge >= 0.3 is 0 Å². The molecule has 11 aromatic rings. The number of rotatable bonds is 11. The van der Waals surface area contributed by atoms with Gasteiger partial charge in [0, 0.05) is 56.2 Å². The van der Waals surface area contributed by atoms with Crippen molar-refractivity contribution in [2.45, 2.75) is 90.9 Å². The Morgan fingerprint density at radius 3 is 1.37 bits per heavy atom. The summed E-state index contributed by atoms with van der Waals surface area (Å²) < 4.78 is 0. The Kier molecular flexibility index (Phi) is 13.5. The van der Waals surface area contributed by atoms with Crippen LogP contribution in [0.5, 0.6) is 0 Å². The molecule has 2 aliphatic heterocycles. The summed E-state index contributed by atoms with van der Waals surface area (Å²) in [5.41, 5.74) is 25.6. The summed E-state index contributed by atoms with van der Waals surface area (Å²) in [6.45, 7) is 23.4. The highest BCUT2D eigenvalue weighted by atomic mass is 15.2. The Hall–Kier alpha value is -9.12. The van der Waals surface area contributed by atoms with E-state index < -0.39 is 0 Å². The highest BCUT2D eigenvalue weighted by molar-refractivity contribution is 7.00. The van der Waals surface area contributed by atoms with E-state index in [1.54, 1.807) is 0 Å². The molecule has 11 aromatic carbocycles. The molecule has 0 N–H and O–H groups in total. The van der Waals surface area contributed by atoms with Crippen molar-refractivity contribution in [2.24, 2.45) is 0 Å². The van der Waals surface area contributed by atoms with Crippen molar-refractivity contribution in [3.8, 4) is 22.3 Å². The SMILES string of the molecule is CC(C)(C)c1cccc(N2c3cc(C(C)(C)C)ccc3B3c4cc(C(C)(C)c5ccccc5)ccc4N(c4ccc(C(C)(C)c5cccc(-c6ccccc6)c5)cc4-c4ccccc4)c4cc(N(c5ccccc5)c5ccccc5)cc2c43)c1. The third kappa shape index (κ3) is 9.62. The van der Waals surface area contributed by atoms with Gasteiger partial charge in [0.15, 0.2) is 0 Å². The largest absolute Gasteiger partial charge is 0.311 e. The van der Waals surface area contributed by atoms with E-state index in [9.17, 15) is 0 Å². The molecule has 0 spiro atoms. The van der Waals surface area contributed by atoms with Crippen LogP contribution in [-0.4, -0.2) is 6.71 Å². The molecule has 0 aliphatic carbocycles. The highest BCUT2D eigenvalue weighted by Crippen LogP contribution is 2.52. The molecular formula is C80H74BN3. The molecule has 84 heavy (non-hydrogen) atoms. The maximum absolute atomic E-state index is 2.63. The van der Waals surface area contributed by atoms with E-state index in [0.29, 0.717) is 0 Å². The van der Waals surface area contributed by atoms with Crippen LogP contribution in [0.25, 0.3) is 22.3 Å². The molecule has 3 nitrogen and oxygen atoms in total. The van der Waals surface area contributed by atoms with Crippen molar-refractivity contribution in [2.75, 3.05) is 14.7 Å². The second-order valence-corrected chi connectivity index (χ2v) is 26.3. The Bertz CT molecular complexity index is 4170. The Morgan fingerprint density at radius 1 is 0.286 bits per heavy atom. The molecule has 0 aromatic heterocycles.